The number of benzene rings is 1. The fourth-order valence-electron chi connectivity index (χ4n) is 1.14. The van der Waals surface area contributed by atoms with E-state index in [1.807, 2.05) is 6.92 Å². The first-order chi connectivity index (χ1) is 7.95. The standard InChI is InChI=1S/C11H14F2N2OS/c1-3-15(2)10(16)6-17-11-8(12)4-7(14)5-9(11)13/h4-5H,3,6,14H2,1-2H3. The molecule has 0 aliphatic carbocycles. The average molecular weight is 260 g/mol. The highest BCUT2D eigenvalue weighted by atomic mass is 32.2. The Morgan fingerprint density at radius 2 is 1.94 bits per heavy atom. The maximum Gasteiger partial charge on any atom is 0.232 e. The Labute approximate surface area is 103 Å². The van der Waals surface area contributed by atoms with Crippen molar-refractivity contribution in [1.29, 1.82) is 0 Å². The number of anilines is 1. The van der Waals surface area contributed by atoms with Gasteiger partial charge in [-0.05, 0) is 19.1 Å². The normalized spacial score (nSPS) is 10.4. The van der Waals surface area contributed by atoms with Crippen molar-refractivity contribution < 1.29 is 13.6 Å². The van der Waals surface area contributed by atoms with Crippen LogP contribution in [0.25, 0.3) is 0 Å². The molecule has 0 heterocycles. The molecule has 0 bridgehead atoms. The topological polar surface area (TPSA) is 46.3 Å². The van der Waals surface area contributed by atoms with Gasteiger partial charge in [-0.25, -0.2) is 8.78 Å². The lowest BCUT2D eigenvalue weighted by Gasteiger charge is -2.14. The van der Waals surface area contributed by atoms with E-state index in [4.69, 9.17) is 5.73 Å². The molecule has 2 N–H and O–H groups in total. The van der Waals surface area contributed by atoms with Crippen molar-refractivity contribution in [1.82, 2.24) is 4.90 Å². The third kappa shape index (κ3) is 3.59. The Bertz CT molecular complexity index is 403. The Morgan fingerprint density at radius 3 is 2.41 bits per heavy atom. The minimum Gasteiger partial charge on any atom is -0.399 e. The monoisotopic (exact) mass is 260 g/mol. The molecule has 3 nitrogen and oxygen atoms in total. The maximum atomic E-state index is 13.4. The lowest BCUT2D eigenvalue weighted by atomic mass is 10.3. The molecule has 0 unspecified atom stereocenters. The summed E-state index contributed by atoms with van der Waals surface area (Å²) in [5.41, 5.74) is 5.32. The van der Waals surface area contributed by atoms with Crippen molar-refractivity contribution in [3.05, 3.63) is 23.8 Å². The molecule has 0 saturated heterocycles. The van der Waals surface area contributed by atoms with Gasteiger partial charge >= 0.3 is 0 Å². The van der Waals surface area contributed by atoms with Gasteiger partial charge in [-0.2, -0.15) is 0 Å². The first-order valence-electron chi connectivity index (χ1n) is 5.07. The SMILES string of the molecule is CCN(C)C(=O)CSc1c(F)cc(N)cc1F. The van der Waals surface area contributed by atoms with Crippen molar-refractivity contribution >= 4 is 23.4 Å². The number of nitrogens with two attached hydrogens (primary N) is 1. The molecule has 1 rings (SSSR count). The molecular formula is C11H14F2N2OS. The van der Waals surface area contributed by atoms with E-state index in [0.29, 0.717) is 6.54 Å². The third-order valence-corrected chi connectivity index (χ3v) is 3.33. The maximum absolute atomic E-state index is 13.4. The largest absolute Gasteiger partial charge is 0.399 e. The minimum atomic E-state index is -0.737. The number of hydrogen-bond acceptors (Lipinski definition) is 3. The van der Waals surface area contributed by atoms with Crippen molar-refractivity contribution in [2.75, 3.05) is 25.1 Å². The van der Waals surface area contributed by atoms with Crippen LogP contribution in [0, 0.1) is 11.6 Å². The Kier molecular flexibility index (Phi) is 4.74. The van der Waals surface area contributed by atoms with Crippen molar-refractivity contribution in [2.24, 2.45) is 0 Å². The lowest BCUT2D eigenvalue weighted by Crippen LogP contribution is -2.27. The van der Waals surface area contributed by atoms with Gasteiger partial charge in [0.2, 0.25) is 5.91 Å². The summed E-state index contributed by atoms with van der Waals surface area (Å²) in [5.74, 6) is -1.64. The van der Waals surface area contributed by atoms with Crippen LogP contribution in [0.5, 0.6) is 0 Å². The minimum absolute atomic E-state index is 0.00208. The second kappa shape index (κ2) is 5.86. The summed E-state index contributed by atoms with van der Waals surface area (Å²) >= 11 is 0.837. The molecule has 94 valence electrons. The summed E-state index contributed by atoms with van der Waals surface area (Å²) in [6, 6.07) is 2.08. The molecule has 0 aromatic heterocycles. The molecule has 6 heteroatoms. The summed E-state index contributed by atoms with van der Waals surface area (Å²) in [6.07, 6.45) is 0. The predicted molar refractivity (Wildman–Crippen MR) is 64.8 cm³/mol. The molecule has 0 spiro atoms. The van der Waals surface area contributed by atoms with E-state index in [-0.39, 0.29) is 22.2 Å². The molecular weight excluding hydrogens is 246 g/mol. The van der Waals surface area contributed by atoms with Crippen LogP contribution >= 0.6 is 11.8 Å². The van der Waals surface area contributed by atoms with Crippen LogP contribution in [0.1, 0.15) is 6.92 Å². The summed E-state index contributed by atoms with van der Waals surface area (Å²) in [4.78, 5) is 12.8. The number of nitrogen functional groups attached to an aromatic ring is 1. The Morgan fingerprint density at radius 1 is 1.41 bits per heavy atom. The van der Waals surface area contributed by atoms with E-state index >= 15 is 0 Å². The van der Waals surface area contributed by atoms with Crippen LogP contribution in [0.15, 0.2) is 17.0 Å². The summed E-state index contributed by atoms with van der Waals surface area (Å²) in [7, 11) is 1.64. The summed E-state index contributed by atoms with van der Waals surface area (Å²) < 4.78 is 26.8. The van der Waals surface area contributed by atoms with Gasteiger partial charge in [0.15, 0.2) is 0 Å². The van der Waals surface area contributed by atoms with Crippen LogP contribution in [-0.4, -0.2) is 30.2 Å². The second-order valence-electron chi connectivity index (χ2n) is 3.51. The highest BCUT2D eigenvalue weighted by Gasteiger charge is 2.14. The molecule has 0 radical (unpaired) electrons. The molecule has 0 aliphatic heterocycles. The van der Waals surface area contributed by atoms with E-state index in [9.17, 15) is 13.6 Å². The Balaban J connectivity index is 2.73. The van der Waals surface area contributed by atoms with Gasteiger partial charge in [-0.15, -0.1) is 11.8 Å². The number of halogens is 2. The molecule has 0 saturated carbocycles. The van der Waals surface area contributed by atoms with Gasteiger partial charge in [0.05, 0.1) is 10.6 Å². The second-order valence-corrected chi connectivity index (χ2v) is 4.50. The zero-order chi connectivity index (χ0) is 13.0. The van der Waals surface area contributed by atoms with Crippen LogP contribution in [-0.2, 0) is 4.79 Å². The molecule has 1 amide bonds. The summed E-state index contributed by atoms with van der Waals surface area (Å²) in [6.45, 7) is 2.39. The summed E-state index contributed by atoms with van der Waals surface area (Å²) in [5, 5.41) is 0. The zero-order valence-corrected chi connectivity index (χ0v) is 10.5. The van der Waals surface area contributed by atoms with Gasteiger partial charge < -0.3 is 10.6 Å². The number of rotatable bonds is 4. The van der Waals surface area contributed by atoms with Crippen LogP contribution in [0.4, 0.5) is 14.5 Å². The molecule has 17 heavy (non-hydrogen) atoms. The Hall–Kier alpha value is -1.30. The number of carbonyl (C=O) groups is 1. The van der Waals surface area contributed by atoms with Crippen molar-refractivity contribution in [3.63, 3.8) is 0 Å². The first-order valence-corrected chi connectivity index (χ1v) is 6.05. The van der Waals surface area contributed by atoms with Crippen LogP contribution in [0.2, 0.25) is 0 Å². The smallest absolute Gasteiger partial charge is 0.232 e. The molecule has 0 atom stereocenters. The van der Waals surface area contributed by atoms with Gasteiger partial charge in [0.25, 0.3) is 0 Å². The van der Waals surface area contributed by atoms with Crippen molar-refractivity contribution in [3.8, 4) is 0 Å². The van der Waals surface area contributed by atoms with E-state index in [1.54, 1.807) is 7.05 Å². The lowest BCUT2D eigenvalue weighted by molar-refractivity contribution is -0.126. The highest BCUT2D eigenvalue weighted by molar-refractivity contribution is 8.00. The van der Waals surface area contributed by atoms with Gasteiger partial charge in [0.1, 0.15) is 11.6 Å². The van der Waals surface area contributed by atoms with Gasteiger partial charge in [-0.1, -0.05) is 0 Å². The van der Waals surface area contributed by atoms with Gasteiger partial charge in [-0.3, -0.25) is 4.79 Å². The number of carbonyl (C=O) groups excluding carboxylic acids is 1. The number of hydrogen-bond donors (Lipinski definition) is 1. The predicted octanol–water partition coefficient (Wildman–Crippen LogP) is 2.12. The quantitative estimate of drug-likeness (QED) is 0.666. The number of thioether (sulfide) groups is 1. The molecule has 1 aromatic rings. The van der Waals surface area contributed by atoms with E-state index in [0.717, 1.165) is 23.9 Å². The third-order valence-electron chi connectivity index (χ3n) is 2.26. The molecule has 0 aliphatic rings. The van der Waals surface area contributed by atoms with E-state index in [1.165, 1.54) is 4.90 Å². The number of nitrogens with zero attached hydrogens (tertiary/aromatic N) is 1. The molecule has 1 aromatic carbocycles. The van der Waals surface area contributed by atoms with E-state index < -0.39 is 11.6 Å². The zero-order valence-electron chi connectivity index (χ0n) is 9.67. The average Bonchev–Trinajstić information content (AvgIpc) is 2.26. The highest BCUT2D eigenvalue weighted by Crippen LogP contribution is 2.27. The van der Waals surface area contributed by atoms with Crippen molar-refractivity contribution in [2.45, 2.75) is 11.8 Å². The van der Waals surface area contributed by atoms with Crippen LogP contribution in [0.3, 0.4) is 0 Å². The van der Waals surface area contributed by atoms with Gasteiger partial charge in [0, 0.05) is 19.3 Å². The van der Waals surface area contributed by atoms with Crippen LogP contribution < -0.4 is 5.73 Å². The number of amides is 1. The van der Waals surface area contributed by atoms with E-state index in [2.05, 4.69) is 0 Å². The molecule has 0 fully saturated rings. The first kappa shape index (κ1) is 13.8. The fraction of sp³-hybridized carbons (Fsp3) is 0.364. The fourth-order valence-corrected chi connectivity index (χ4v) is 2.02.